The Hall–Kier alpha value is -2.30. The van der Waals surface area contributed by atoms with Gasteiger partial charge < -0.3 is 9.64 Å². The fourth-order valence-electron chi connectivity index (χ4n) is 3.93. The second-order valence-electron chi connectivity index (χ2n) is 7.87. The molecule has 2 heterocycles. The van der Waals surface area contributed by atoms with Crippen LogP contribution in [0.1, 0.15) is 31.2 Å². The molecule has 2 aromatic rings. The van der Waals surface area contributed by atoms with Crippen molar-refractivity contribution in [2.24, 2.45) is 11.3 Å². The molecule has 138 valence electrons. The average Bonchev–Trinajstić information content (AvgIpc) is 3.25. The summed E-state index contributed by atoms with van der Waals surface area (Å²) < 4.78 is 7.88. The third kappa shape index (κ3) is 3.76. The summed E-state index contributed by atoms with van der Waals surface area (Å²) in [7, 11) is 0. The molecule has 1 aliphatic heterocycles. The highest BCUT2D eigenvalue weighted by Gasteiger charge is 2.52. The Bertz CT molecular complexity index is 752. The first-order chi connectivity index (χ1) is 12.6. The van der Waals surface area contributed by atoms with Crippen molar-refractivity contribution in [2.45, 2.75) is 39.2 Å². The van der Waals surface area contributed by atoms with E-state index in [4.69, 9.17) is 4.74 Å². The number of piperidine rings is 1. The highest BCUT2D eigenvalue weighted by molar-refractivity contribution is 5.85. The lowest BCUT2D eigenvalue weighted by atomic mass is 9.96. The minimum absolute atomic E-state index is 0.217. The van der Waals surface area contributed by atoms with Gasteiger partial charge in [-0.15, -0.1) is 0 Å². The van der Waals surface area contributed by atoms with E-state index in [0.717, 1.165) is 44.5 Å². The second kappa shape index (κ2) is 7.14. The predicted octanol–water partition coefficient (Wildman–Crippen LogP) is 3.29. The van der Waals surface area contributed by atoms with Crippen LogP contribution in [0.2, 0.25) is 0 Å². The maximum Gasteiger partial charge on any atom is 0.230 e. The molecule has 0 bridgehead atoms. The smallest absolute Gasteiger partial charge is 0.230 e. The molecule has 5 heteroatoms. The molecule has 1 aromatic carbocycles. The number of likely N-dealkylation sites (tertiary alicyclic amines) is 1. The number of benzene rings is 1. The van der Waals surface area contributed by atoms with Gasteiger partial charge in [0.1, 0.15) is 5.75 Å². The van der Waals surface area contributed by atoms with E-state index < -0.39 is 0 Å². The zero-order chi connectivity index (χ0) is 18.0. The van der Waals surface area contributed by atoms with Crippen LogP contribution in [0.5, 0.6) is 5.75 Å². The number of carbonyl (C=O) groups is 1. The van der Waals surface area contributed by atoms with Crippen molar-refractivity contribution in [1.29, 1.82) is 0 Å². The third-order valence-electron chi connectivity index (χ3n) is 5.61. The van der Waals surface area contributed by atoms with Gasteiger partial charge in [0.05, 0.1) is 18.6 Å². The largest absolute Gasteiger partial charge is 0.493 e. The van der Waals surface area contributed by atoms with Gasteiger partial charge in [0.25, 0.3) is 0 Å². The topological polar surface area (TPSA) is 47.4 Å². The molecule has 2 aliphatic rings. The van der Waals surface area contributed by atoms with Gasteiger partial charge in [-0.2, -0.15) is 5.10 Å². The van der Waals surface area contributed by atoms with E-state index in [0.29, 0.717) is 25.0 Å². The van der Waals surface area contributed by atoms with E-state index in [9.17, 15) is 4.79 Å². The summed E-state index contributed by atoms with van der Waals surface area (Å²) in [5.41, 5.74) is 0.989. The Labute approximate surface area is 154 Å². The van der Waals surface area contributed by atoms with Crippen LogP contribution < -0.4 is 4.74 Å². The fraction of sp³-hybridized carbons (Fsp3) is 0.524. The molecule has 0 spiro atoms. The quantitative estimate of drug-likeness (QED) is 0.801. The number of hydrogen-bond donors (Lipinski definition) is 0. The maximum atomic E-state index is 13.1. The molecule has 0 unspecified atom stereocenters. The lowest BCUT2D eigenvalue weighted by Gasteiger charge is -2.35. The van der Waals surface area contributed by atoms with Gasteiger partial charge in [0.15, 0.2) is 0 Å². The van der Waals surface area contributed by atoms with Gasteiger partial charge in [0.2, 0.25) is 5.91 Å². The van der Waals surface area contributed by atoms with E-state index >= 15 is 0 Å². The summed E-state index contributed by atoms with van der Waals surface area (Å²) >= 11 is 0. The molecule has 1 atom stereocenters. The van der Waals surface area contributed by atoms with E-state index in [1.54, 1.807) is 6.20 Å². The first kappa shape index (κ1) is 17.1. The first-order valence-corrected chi connectivity index (χ1v) is 9.61. The molecule has 1 aliphatic carbocycles. The maximum absolute atomic E-state index is 13.1. The van der Waals surface area contributed by atoms with Gasteiger partial charge >= 0.3 is 0 Å². The van der Waals surface area contributed by atoms with Crippen molar-refractivity contribution in [3.8, 4) is 5.75 Å². The van der Waals surface area contributed by atoms with Crippen molar-refractivity contribution >= 4 is 5.91 Å². The number of rotatable bonds is 6. The minimum Gasteiger partial charge on any atom is -0.493 e. The molecule has 1 saturated heterocycles. The molecule has 5 nitrogen and oxygen atoms in total. The van der Waals surface area contributed by atoms with Crippen molar-refractivity contribution in [3.63, 3.8) is 0 Å². The summed E-state index contributed by atoms with van der Waals surface area (Å²) in [4.78, 5) is 15.2. The lowest BCUT2D eigenvalue weighted by Crippen LogP contribution is -2.46. The predicted molar refractivity (Wildman–Crippen MR) is 99.9 cm³/mol. The molecule has 0 N–H and O–H groups in total. The number of hydrogen-bond acceptors (Lipinski definition) is 3. The molecule has 26 heavy (non-hydrogen) atoms. The van der Waals surface area contributed by atoms with Crippen LogP contribution in [0.15, 0.2) is 42.7 Å². The zero-order valence-corrected chi connectivity index (χ0v) is 15.4. The number of ether oxygens (including phenoxy) is 1. The standard InChI is InChI=1S/C21H27N3O2/c1-17-5-2-7-19(13-17)26-15-18-6-3-11-23(14-18)20(25)21(8-9-21)16-24-12-4-10-22-24/h2,4-5,7,10,12-13,18H,3,6,8-9,11,14-16H2,1H3/t18-/m0/s1. The number of amides is 1. The molecule has 1 amide bonds. The Balaban J connectivity index is 1.33. The molecule has 2 fully saturated rings. The van der Waals surface area contributed by atoms with Crippen LogP contribution in [-0.2, 0) is 11.3 Å². The Kier molecular flexibility index (Phi) is 4.70. The van der Waals surface area contributed by atoms with Crippen LogP contribution in [0.3, 0.4) is 0 Å². The molecule has 0 radical (unpaired) electrons. The summed E-state index contributed by atoms with van der Waals surface area (Å²) in [5.74, 6) is 1.65. The minimum atomic E-state index is -0.217. The van der Waals surface area contributed by atoms with Gasteiger partial charge in [0, 0.05) is 31.4 Å². The van der Waals surface area contributed by atoms with Gasteiger partial charge in [-0.05, 0) is 56.4 Å². The van der Waals surface area contributed by atoms with Crippen LogP contribution in [0, 0.1) is 18.3 Å². The van der Waals surface area contributed by atoms with Gasteiger partial charge in [-0.3, -0.25) is 9.48 Å². The van der Waals surface area contributed by atoms with E-state index in [1.807, 2.05) is 29.1 Å². The molecular weight excluding hydrogens is 326 g/mol. The average molecular weight is 353 g/mol. The van der Waals surface area contributed by atoms with E-state index in [2.05, 4.69) is 29.1 Å². The monoisotopic (exact) mass is 353 g/mol. The van der Waals surface area contributed by atoms with Crippen molar-refractivity contribution in [3.05, 3.63) is 48.3 Å². The van der Waals surface area contributed by atoms with Gasteiger partial charge in [-0.25, -0.2) is 0 Å². The third-order valence-corrected chi connectivity index (χ3v) is 5.61. The number of nitrogens with zero attached hydrogens (tertiary/aromatic N) is 3. The van der Waals surface area contributed by atoms with Crippen LogP contribution in [0.25, 0.3) is 0 Å². The second-order valence-corrected chi connectivity index (χ2v) is 7.87. The Morgan fingerprint density at radius 3 is 2.96 bits per heavy atom. The fourth-order valence-corrected chi connectivity index (χ4v) is 3.93. The SMILES string of the molecule is Cc1cccc(OC[C@H]2CCCN(C(=O)C3(Cn4cccn4)CC3)C2)c1. The Morgan fingerprint density at radius 2 is 2.23 bits per heavy atom. The van der Waals surface area contributed by atoms with Crippen LogP contribution >= 0.6 is 0 Å². The lowest BCUT2D eigenvalue weighted by molar-refractivity contribution is -0.139. The van der Waals surface area contributed by atoms with E-state index in [1.165, 1.54) is 5.56 Å². The summed E-state index contributed by atoms with van der Waals surface area (Å²) in [6, 6.07) is 10.1. The molecule has 1 aromatic heterocycles. The normalized spacial score (nSPS) is 21.4. The molecular formula is C21H27N3O2. The number of aryl methyl sites for hydroxylation is 1. The highest BCUT2D eigenvalue weighted by atomic mass is 16.5. The number of carbonyl (C=O) groups excluding carboxylic acids is 1. The first-order valence-electron chi connectivity index (χ1n) is 9.61. The molecule has 4 rings (SSSR count). The highest BCUT2D eigenvalue weighted by Crippen LogP contribution is 2.49. The molecule has 1 saturated carbocycles. The zero-order valence-electron chi connectivity index (χ0n) is 15.4. The summed E-state index contributed by atoms with van der Waals surface area (Å²) in [5, 5.41) is 4.28. The van der Waals surface area contributed by atoms with Gasteiger partial charge in [-0.1, -0.05) is 12.1 Å². The number of aromatic nitrogens is 2. The van der Waals surface area contributed by atoms with Crippen LogP contribution in [-0.4, -0.2) is 40.3 Å². The Morgan fingerprint density at radius 1 is 1.35 bits per heavy atom. The summed E-state index contributed by atoms with van der Waals surface area (Å²) in [6.07, 6.45) is 7.87. The van der Waals surface area contributed by atoms with Crippen molar-refractivity contribution in [1.82, 2.24) is 14.7 Å². The summed E-state index contributed by atoms with van der Waals surface area (Å²) in [6.45, 7) is 5.15. The van der Waals surface area contributed by atoms with Crippen molar-refractivity contribution < 1.29 is 9.53 Å². The van der Waals surface area contributed by atoms with Crippen molar-refractivity contribution in [2.75, 3.05) is 19.7 Å². The van der Waals surface area contributed by atoms with E-state index in [-0.39, 0.29) is 5.41 Å². The van der Waals surface area contributed by atoms with Crippen LogP contribution in [0.4, 0.5) is 0 Å².